The number of hydrogen-bond donors (Lipinski definition) is 1. The first-order valence-electron chi connectivity index (χ1n) is 7.05. The summed E-state index contributed by atoms with van der Waals surface area (Å²) in [6.45, 7) is 4.70. The molecule has 1 aromatic heterocycles. The molecule has 0 aliphatic rings. The summed E-state index contributed by atoms with van der Waals surface area (Å²) in [4.78, 5) is 6.44. The molecule has 2 N–H and O–H groups in total. The molecule has 106 valence electrons. The van der Waals surface area contributed by atoms with E-state index in [9.17, 15) is 0 Å². The summed E-state index contributed by atoms with van der Waals surface area (Å²) in [5.41, 5.74) is 9.57. The number of pyridine rings is 1. The lowest BCUT2D eigenvalue weighted by Gasteiger charge is -2.17. The van der Waals surface area contributed by atoms with Gasteiger partial charge in [0.05, 0.1) is 0 Å². The number of aromatic nitrogens is 1. The van der Waals surface area contributed by atoms with Gasteiger partial charge in [-0.1, -0.05) is 37.3 Å². The van der Waals surface area contributed by atoms with Gasteiger partial charge in [-0.3, -0.25) is 9.88 Å². The van der Waals surface area contributed by atoms with Crippen LogP contribution in [0.1, 0.15) is 29.5 Å². The van der Waals surface area contributed by atoms with E-state index in [1.54, 1.807) is 6.20 Å². The molecule has 1 heterocycles. The van der Waals surface area contributed by atoms with Crippen molar-refractivity contribution in [3.8, 4) is 0 Å². The normalized spacial score (nSPS) is 12.6. The number of nitrogens with zero attached hydrogens (tertiary/aromatic N) is 2. The van der Waals surface area contributed by atoms with Gasteiger partial charge in [-0.25, -0.2) is 0 Å². The van der Waals surface area contributed by atoms with E-state index >= 15 is 0 Å². The van der Waals surface area contributed by atoms with E-state index in [-0.39, 0.29) is 0 Å². The lowest BCUT2D eigenvalue weighted by atomic mass is 10.00. The molecular weight excluding hydrogens is 246 g/mol. The average Bonchev–Trinajstić information content (AvgIpc) is 2.48. The molecule has 3 heteroatoms. The Hall–Kier alpha value is -1.71. The third-order valence-electron chi connectivity index (χ3n) is 3.53. The largest absolute Gasteiger partial charge is 0.330 e. The van der Waals surface area contributed by atoms with Crippen LogP contribution in [0.15, 0.2) is 48.8 Å². The van der Waals surface area contributed by atoms with Crippen LogP contribution in [0.3, 0.4) is 0 Å². The molecule has 1 atom stereocenters. The molecule has 3 nitrogen and oxygen atoms in total. The minimum Gasteiger partial charge on any atom is -0.330 e. The predicted octanol–water partition coefficient (Wildman–Crippen LogP) is 2.78. The van der Waals surface area contributed by atoms with Gasteiger partial charge in [0.2, 0.25) is 0 Å². The summed E-state index contributed by atoms with van der Waals surface area (Å²) in [7, 11) is 2.13. The Kier molecular flexibility index (Phi) is 5.27. The van der Waals surface area contributed by atoms with E-state index in [0.29, 0.717) is 12.5 Å². The molecule has 0 aliphatic heterocycles. The average molecular weight is 269 g/mol. The minimum absolute atomic E-state index is 0.428. The van der Waals surface area contributed by atoms with Crippen LogP contribution in [-0.4, -0.2) is 23.5 Å². The van der Waals surface area contributed by atoms with Gasteiger partial charge >= 0.3 is 0 Å². The maximum absolute atomic E-state index is 5.69. The molecular formula is C17H23N3. The number of rotatable bonds is 6. The molecule has 0 fully saturated rings. The fourth-order valence-corrected chi connectivity index (χ4v) is 2.26. The molecule has 0 amide bonds. The van der Waals surface area contributed by atoms with Crippen molar-refractivity contribution in [3.63, 3.8) is 0 Å². The molecule has 1 unspecified atom stereocenters. The van der Waals surface area contributed by atoms with Gasteiger partial charge < -0.3 is 5.73 Å². The van der Waals surface area contributed by atoms with Crippen molar-refractivity contribution in [1.29, 1.82) is 0 Å². The molecule has 0 aliphatic carbocycles. The molecule has 0 spiro atoms. The zero-order valence-corrected chi connectivity index (χ0v) is 12.3. The Morgan fingerprint density at radius 1 is 1.10 bits per heavy atom. The lowest BCUT2D eigenvalue weighted by molar-refractivity contribution is 0.318. The van der Waals surface area contributed by atoms with Crippen molar-refractivity contribution in [2.24, 2.45) is 5.73 Å². The molecule has 0 saturated heterocycles. The highest BCUT2D eigenvalue weighted by molar-refractivity contribution is 5.25. The third kappa shape index (κ3) is 4.15. The fourth-order valence-electron chi connectivity index (χ4n) is 2.26. The second kappa shape index (κ2) is 7.17. The first-order chi connectivity index (χ1) is 9.69. The number of hydrogen-bond acceptors (Lipinski definition) is 3. The highest BCUT2D eigenvalue weighted by Crippen LogP contribution is 2.15. The van der Waals surface area contributed by atoms with Gasteiger partial charge in [-0.05, 0) is 42.3 Å². The SMILES string of the molecule is CC(CN)c1ccc(CN(C)Cc2cccnc2)cc1. The minimum atomic E-state index is 0.428. The van der Waals surface area contributed by atoms with Crippen LogP contribution in [0.5, 0.6) is 0 Å². The first kappa shape index (κ1) is 14.7. The van der Waals surface area contributed by atoms with E-state index in [4.69, 9.17) is 5.73 Å². The molecule has 1 aromatic carbocycles. The zero-order chi connectivity index (χ0) is 14.4. The topological polar surface area (TPSA) is 42.1 Å². The van der Waals surface area contributed by atoms with E-state index in [2.05, 4.69) is 54.2 Å². The molecule has 0 saturated carbocycles. The Balaban J connectivity index is 1.93. The van der Waals surface area contributed by atoms with Gasteiger partial charge in [0.25, 0.3) is 0 Å². The van der Waals surface area contributed by atoms with Gasteiger partial charge in [-0.2, -0.15) is 0 Å². The van der Waals surface area contributed by atoms with Crippen molar-refractivity contribution >= 4 is 0 Å². The highest BCUT2D eigenvalue weighted by atomic mass is 15.1. The van der Waals surface area contributed by atoms with Crippen molar-refractivity contribution < 1.29 is 0 Å². The first-order valence-corrected chi connectivity index (χ1v) is 7.05. The summed E-state index contributed by atoms with van der Waals surface area (Å²) in [5, 5.41) is 0. The molecule has 2 rings (SSSR count). The van der Waals surface area contributed by atoms with Crippen molar-refractivity contribution in [1.82, 2.24) is 9.88 Å². The summed E-state index contributed by atoms with van der Waals surface area (Å²) in [5.74, 6) is 0.428. The standard InChI is InChI=1S/C17H23N3/c1-14(10-18)17-7-5-15(6-8-17)12-20(2)13-16-4-3-9-19-11-16/h3-9,11,14H,10,12-13,18H2,1-2H3. The van der Waals surface area contributed by atoms with Gasteiger partial charge in [-0.15, -0.1) is 0 Å². The van der Waals surface area contributed by atoms with E-state index < -0.39 is 0 Å². The van der Waals surface area contributed by atoms with Crippen LogP contribution in [0.4, 0.5) is 0 Å². The van der Waals surface area contributed by atoms with Gasteiger partial charge in [0, 0.05) is 25.5 Å². The Morgan fingerprint density at radius 2 is 1.80 bits per heavy atom. The molecule has 2 aromatic rings. The number of nitrogens with two attached hydrogens (primary N) is 1. The predicted molar refractivity (Wildman–Crippen MR) is 83.3 cm³/mol. The van der Waals surface area contributed by atoms with Crippen molar-refractivity contribution in [3.05, 3.63) is 65.5 Å². The Bertz CT molecular complexity index is 508. The number of benzene rings is 1. The molecule has 0 bridgehead atoms. The second-order valence-corrected chi connectivity index (χ2v) is 5.41. The van der Waals surface area contributed by atoms with Gasteiger partial charge in [0.1, 0.15) is 0 Å². The summed E-state index contributed by atoms with van der Waals surface area (Å²) in [6, 6.07) is 12.8. The summed E-state index contributed by atoms with van der Waals surface area (Å²) >= 11 is 0. The van der Waals surface area contributed by atoms with Gasteiger partial charge in [0.15, 0.2) is 0 Å². The van der Waals surface area contributed by atoms with Crippen LogP contribution in [0.2, 0.25) is 0 Å². The van der Waals surface area contributed by atoms with Crippen LogP contribution in [0.25, 0.3) is 0 Å². The van der Waals surface area contributed by atoms with Crippen molar-refractivity contribution in [2.45, 2.75) is 25.9 Å². The van der Waals surface area contributed by atoms with Crippen LogP contribution in [0, 0.1) is 0 Å². The van der Waals surface area contributed by atoms with E-state index in [1.807, 2.05) is 12.3 Å². The second-order valence-electron chi connectivity index (χ2n) is 5.41. The quantitative estimate of drug-likeness (QED) is 0.877. The summed E-state index contributed by atoms with van der Waals surface area (Å²) < 4.78 is 0. The Morgan fingerprint density at radius 3 is 2.40 bits per heavy atom. The third-order valence-corrected chi connectivity index (χ3v) is 3.53. The smallest absolute Gasteiger partial charge is 0.0312 e. The highest BCUT2D eigenvalue weighted by Gasteiger charge is 2.05. The Labute approximate surface area is 121 Å². The fraction of sp³-hybridized carbons (Fsp3) is 0.353. The monoisotopic (exact) mass is 269 g/mol. The maximum atomic E-state index is 5.69. The van der Waals surface area contributed by atoms with Crippen LogP contribution in [-0.2, 0) is 13.1 Å². The van der Waals surface area contributed by atoms with Crippen LogP contribution >= 0.6 is 0 Å². The molecule has 20 heavy (non-hydrogen) atoms. The van der Waals surface area contributed by atoms with E-state index in [1.165, 1.54) is 16.7 Å². The van der Waals surface area contributed by atoms with Crippen LogP contribution < -0.4 is 5.73 Å². The maximum Gasteiger partial charge on any atom is 0.0312 e. The lowest BCUT2D eigenvalue weighted by Crippen LogP contribution is -2.17. The van der Waals surface area contributed by atoms with E-state index in [0.717, 1.165) is 13.1 Å². The zero-order valence-electron chi connectivity index (χ0n) is 12.3. The van der Waals surface area contributed by atoms with Crippen molar-refractivity contribution in [2.75, 3.05) is 13.6 Å². The summed E-state index contributed by atoms with van der Waals surface area (Å²) in [6.07, 6.45) is 3.73. The molecule has 0 radical (unpaired) electrons.